The molecule has 0 saturated carbocycles. The summed E-state index contributed by atoms with van der Waals surface area (Å²) in [7, 11) is 0. The second-order valence-corrected chi connectivity index (χ2v) is 11.1. The molecular formula is C37H44CuN4O. The number of rotatable bonds is 9. The molecule has 43 heavy (non-hydrogen) atoms. The van der Waals surface area contributed by atoms with Gasteiger partial charge >= 0.3 is 17.1 Å². The molecule has 229 valence electrons. The van der Waals surface area contributed by atoms with E-state index in [2.05, 4.69) is 73.6 Å². The molecule has 0 amide bonds. The first kappa shape index (κ1) is 32.7. The van der Waals surface area contributed by atoms with Gasteiger partial charge in [-0.1, -0.05) is 95.8 Å². The summed E-state index contributed by atoms with van der Waals surface area (Å²) < 4.78 is 0. The Labute approximate surface area is 267 Å². The van der Waals surface area contributed by atoms with Crippen LogP contribution >= 0.6 is 0 Å². The summed E-state index contributed by atoms with van der Waals surface area (Å²) in [5.41, 5.74) is 17.7. The molecular weight excluding hydrogens is 580 g/mol. The summed E-state index contributed by atoms with van der Waals surface area (Å²) in [5.74, 6) is 0. The first-order chi connectivity index (χ1) is 20.4. The minimum Gasteiger partial charge on any atom is -0.657 e. The van der Waals surface area contributed by atoms with Crippen molar-refractivity contribution >= 4 is 50.6 Å². The van der Waals surface area contributed by atoms with Crippen LogP contribution in [0.25, 0.3) is 44.4 Å². The number of carbonyl (C=O) groups is 1. The van der Waals surface area contributed by atoms with Crippen LogP contribution < -0.4 is 9.97 Å². The van der Waals surface area contributed by atoms with Gasteiger partial charge in [0.2, 0.25) is 0 Å². The van der Waals surface area contributed by atoms with E-state index in [1.807, 2.05) is 0 Å². The smallest absolute Gasteiger partial charge is 0.657 e. The Hall–Kier alpha value is -3.21. The number of hydrogen-bond acceptors (Lipinski definition) is 3. The summed E-state index contributed by atoms with van der Waals surface area (Å²) in [6, 6.07) is 6.52. The molecule has 0 N–H and O–H groups in total. The third kappa shape index (κ3) is 5.38. The number of nitrogens with zero attached hydrogens (tertiary/aromatic N) is 4. The van der Waals surface area contributed by atoms with Crippen LogP contribution in [0.4, 0.5) is 0 Å². The molecule has 5 nitrogen and oxygen atoms in total. The zero-order valence-electron chi connectivity index (χ0n) is 27.0. The van der Waals surface area contributed by atoms with E-state index in [1.54, 1.807) is 0 Å². The summed E-state index contributed by atoms with van der Waals surface area (Å²) >= 11 is 0. The number of carbonyl (C=O) groups excluding carboxylic acids is 1. The molecule has 0 fully saturated rings. The molecule has 6 heteroatoms. The summed E-state index contributed by atoms with van der Waals surface area (Å²) in [4.78, 5) is 33.8. The summed E-state index contributed by atoms with van der Waals surface area (Å²) in [6.45, 7) is 17.5. The molecule has 0 unspecified atom stereocenters. The first-order valence-electron chi connectivity index (χ1n) is 16.0. The number of aldehydes is 1. The zero-order valence-corrected chi connectivity index (χ0v) is 27.9. The number of aromatic nitrogens is 4. The Morgan fingerprint density at radius 2 is 0.930 bits per heavy atom. The van der Waals surface area contributed by atoms with Crippen LogP contribution in [0.5, 0.6) is 0 Å². The minimum atomic E-state index is 0. The zero-order chi connectivity index (χ0) is 30.1. The van der Waals surface area contributed by atoms with Gasteiger partial charge in [-0.2, -0.15) is 0 Å². The van der Waals surface area contributed by atoms with Crippen molar-refractivity contribution in [2.45, 2.75) is 107 Å². The maximum absolute atomic E-state index is 12.9. The van der Waals surface area contributed by atoms with Gasteiger partial charge in [-0.05, 0) is 73.7 Å². The number of aryl methyl sites for hydroxylation is 4. The topological polar surface area (TPSA) is 71.1 Å². The average molecular weight is 624 g/mol. The maximum Gasteiger partial charge on any atom is 2.00 e. The van der Waals surface area contributed by atoms with Crippen molar-refractivity contribution in [3.63, 3.8) is 0 Å². The van der Waals surface area contributed by atoms with E-state index in [-0.39, 0.29) is 17.1 Å². The van der Waals surface area contributed by atoms with E-state index in [0.29, 0.717) is 5.56 Å². The fourth-order valence-electron chi connectivity index (χ4n) is 7.16. The molecule has 3 aromatic heterocycles. The van der Waals surface area contributed by atoms with E-state index in [0.717, 1.165) is 114 Å². The van der Waals surface area contributed by atoms with Gasteiger partial charge < -0.3 is 9.97 Å². The third-order valence-electron chi connectivity index (χ3n) is 9.11. The largest absolute Gasteiger partial charge is 2.00 e. The van der Waals surface area contributed by atoms with Crippen LogP contribution in [0.1, 0.15) is 136 Å². The fraction of sp³-hybridized carbons (Fsp3) is 0.432. The predicted molar refractivity (Wildman–Crippen MR) is 177 cm³/mol. The molecule has 1 radical (unpaired) electrons. The molecule has 0 aromatic carbocycles. The second kappa shape index (κ2) is 13.6. The van der Waals surface area contributed by atoms with Crippen molar-refractivity contribution in [2.75, 3.05) is 0 Å². The third-order valence-corrected chi connectivity index (χ3v) is 9.11. The molecule has 0 aliphatic carbocycles. The van der Waals surface area contributed by atoms with Gasteiger partial charge in [-0.15, -0.1) is 22.1 Å². The maximum atomic E-state index is 12.9. The van der Waals surface area contributed by atoms with Crippen LogP contribution in [0.15, 0.2) is 18.2 Å². The predicted octanol–water partition coefficient (Wildman–Crippen LogP) is 9.09. The van der Waals surface area contributed by atoms with Gasteiger partial charge in [0.1, 0.15) is 0 Å². The van der Waals surface area contributed by atoms with Crippen LogP contribution in [0.2, 0.25) is 0 Å². The summed E-state index contributed by atoms with van der Waals surface area (Å²) in [6.07, 6.45) is 7.84. The summed E-state index contributed by atoms with van der Waals surface area (Å²) in [5, 5.41) is 0. The van der Waals surface area contributed by atoms with Gasteiger partial charge in [0, 0.05) is 5.56 Å². The van der Waals surface area contributed by atoms with E-state index < -0.39 is 0 Å². The molecule has 2 aliphatic heterocycles. The molecule has 5 rings (SSSR count). The Balaban J connectivity index is 0.00000423. The van der Waals surface area contributed by atoms with Crippen LogP contribution in [-0.2, 0) is 42.8 Å². The Kier molecular flexibility index (Phi) is 10.4. The standard InChI is InChI=1S/C37H45N4O.Cu/c1-9-21-23(11-3)32-18-34-25(13-5)27(15-7)36(40-34)29(20-42)37-28(16-8)26(14-6)35(41-37)19-33-24(12-4)22(10-2)31(39-33)17-30(21)38-32;/h17-20H,9-16H2,1-8H3,(H-,38,39,40,41,42);/q-1;+2/p-1. The van der Waals surface area contributed by atoms with Crippen molar-refractivity contribution in [2.24, 2.45) is 0 Å². The molecule has 0 saturated heterocycles. The van der Waals surface area contributed by atoms with Crippen molar-refractivity contribution in [3.8, 4) is 0 Å². The normalized spacial score (nSPS) is 13.1. The van der Waals surface area contributed by atoms with Crippen molar-refractivity contribution in [1.29, 1.82) is 0 Å². The molecule has 2 aliphatic rings. The first-order valence-corrected chi connectivity index (χ1v) is 16.0. The number of fused-ring (bicyclic) bond motifs is 8. The minimum absolute atomic E-state index is 0. The van der Waals surface area contributed by atoms with Gasteiger partial charge in [-0.3, -0.25) is 4.79 Å². The van der Waals surface area contributed by atoms with Crippen LogP contribution in [0.3, 0.4) is 0 Å². The van der Waals surface area contributed by atoms with Crippen LogP contribution in [0, 0.1) is 0 Å². The van der Waals surface area contributed by atoms with Crippen molar-refractivity contribution < 1.29 is 21.9 Å². The monoisotopic (exact) mass is 623 g/mol. The van der Waals surface area contributed by atoms with Gasteiger partial charge in [-0.25, -0.2) is 9.97 Å². The van der Waals surface area contributed by atoms with E-state index in [4.69, 9.17) is 19.9 Å². The molecule has 5 heterocycles. The van der Waals surface area contributed by atoms with Gasteiger partial charge in [0.05, 0.1) is 22.8 Å². The molecule has 0 spiro atoms. The SMILES string of the molecule is CCC1=C(CC)c2cc3[n-]c(c(C=O)c4nc(cc5[n-]c(cc1n2)c(CC)c5CC)C(CC)=C4CC)c(CC)c3CC.[Cu+2]. The second-order valence-electron chi connectivity index (χ2n) is 11.1. The Morgan fingerprint density at radius 3 is 1.35 bits per heavy atom. The average Bonchev–Trinajstić information content (AvgIpc) is 3.72. The van der Waals surface area contributed by atoms with E-state index >= 15 is 0 Å². The van der Waals surface area contributed by atoms with Crippen LogP contribution in [-0.4, -0.2) is 16.3 Å². The van der Waals surface area contributed by atoms with Crippen molar-refractivity contribution in [3.05, 3.63) is 68.8 Å². The Morgan fingerprint density at radius 1 is 0.535 bits per heavy atom. The molecule has 0 atom stereocenters. The van der Waals surface area contributed by atoms with E-state index in [9.17, 15) is 4.79 Å². The molecule has 3 aromatic rings. The van der Waals surface area contributed by atoms with Gasteiger partial charge in [0.15, 0.2) is 6.29 Å². The van der Waals surface area contributed by atoms with E-state index in [1.165, 1.54) is 33.4 Å². The number of allylic oxidation sites excluding steroid dienone is 4. The Bertz CT molecular complexity index is 1780. The van der Waals surface area contributed by atoms with Crippen molar-refractivity contribution in [1.82, 2.24) is 19.9 Å². The van der Waals surface area contributed by atoms with Gasteiger partial charge in [0.25, 0.3) is 0 Å². The fourth-order valence-corrected chi connectivity index (χ4v) is 7.16. The quantitative estimate of drug-likeness (QED) is 0.176. The number of hydrogen-bond donors (Lipinski definition) is 0. The molecule has 8 bridgehead atoms.